The Balaban J connectivity index is 2.99. The highest BCUT2D eigenvalue weighted by Crippen LogP contribution is 2.28. The van der Waals surface area contributed by atoms with Crippen molar-refractivity contribution in [1.29, 1.82) is 0 Å². The predicted octanol–water partition coefficient (Wildman–Crippen LogP) is 1.67. The molecule has 0 radical (unpaired) electrons. The number of benzene rings is 1. The molecule has 0 aromatic heterocycles. The van der Waals surface area contributed by atoms with Crippen LogP contribution in [0.4, 0.5) is 0 Å². The maximum atomic E-state index is 11.6. The van der Waals surface area contributed by atoms with E-state index in [9.17, 15) is 9.90 Å². The van der Waals surface area contributed by atoms with E-state index in [-0.39, 0.29) is 5.76 Å². The molecule has 0 saturated heterocycles. The summed E-state index contributed by atoms with van der Waals surface area (Å²) in [7, 11) is 2.66. The zero-order valence-electron chi connectivity index (χ0n) is 9.92. The number of aliphatic hydroxyl groups excluding tert-OH is 1. The molecular weight excluding hydrogens is 220 g/mol. The zero-order valence-corrected chi connectivity index (χ0v) is 9.92. The summed E-state index contributed by atoms with van der Waals surface area (Å²) in [5.74, 6) is -1.33. The van der Waals surface area contributed by atoms with Crippen LogP contribution in [0.25, 0.3) is 0 Å². The van der Waals surface area contributed by atoms with E-state index in [0.29, 0.717) is 5.56 Å². The number of hydrogen-bond acceptors (Lipinski definition) is 4. The Hall–Kier alpha value is -1.81. The summed E-state index contributed by atoms with van der Waals surface area (Å²) in [6, 6.07) is 8.84. The third-order valence-electron chi connectivity index (χ3n) is 2.52. The highest BCUT2D eigenvalue weighted by atomic mass is 16.5. The fourth-order valence-corrected chi connectivity index (χ4v) is 1.53. The van der Waals surface area contributed by atoms with Gasteiger partial charge in [0.1, 0.15) is 11.7 Å². The Kier molecular flexibility index (Phi) is 4.72. The molecule has 92 valence electrons. The molecular formula is C13H16O4. The summed E-state index contributed by atoms with van der Waals surface area (Å²) in [5.41, 5.74) is 0.612. The van der Waals surface area contributed by atoms with Crippen LogP contribution in [0.15, 0.2) is 42.7 Å². The van der Waals surface area contributed by atoms with Gasteiger partial charge in [0, 0.05) is 0 Å². The van der Waals surface area contributed by atoms with Gasteiger partial charge in [0.15, 0.2) is 0 Å². The van der Waals surface area contributed by atoms with Gasteiger partial charge in [-0.3, -0.25) is 4.79 Å². The van der Waals surface area contributed by atoms with Crippen LogP contribution < -0.4 is 0 Å². The summed E-state index contributed by atoms with van der Waals surface area (Å²) < 4.78 is 9.56. The van der Waals surface area contributed by atoms with Crippen LogP contribution in [-0.4, -0.2) is 25.3 Å². The Morgan fingerprint density at radius 2 is 1.82 bits per heavy atom. The lowest BCUT2D eigenvalue weighted by Gasteiger charge is -2.21. The number of esters is 1. The Morgan fingerprint density at radius 1 is 1.24 bits per heavy atom. The quantitative estimate of drug-likeness (QED) is 0.624. The lowest BCUT2D eigenvalue weighted by Crippen LogP contribution is -2.26. The molecule has 0 saturated carbocycles. The van der Waals surface area contributed by atoms with Crippen molar-refractivity contribution in [3.63, 3.8) is 0 Å². The van der Waals surface area contributed by atoms with Gasteiger partial charge >= 0.3 is 5.97 Å². The summed E-state index contributed by atoms with van der Waals surface area (Å²) in [5, 5.41) is 10.1. The van der Waals surface area contributed by atoms with Gasteiger partial charge in [-0.15, -0.1) is 0 Å². The van der Waals surface area contributed by atoms with Gasteiger partial charge in [-0.1, -0.05) is 36.9 Å². The van der Waals surface area contributed by atoms with Gasteiger partial charge in [-0.05, 0) is 5.56 Å². The van der Waals surface area contributed by atoms with Crippen molar-refractivity contribution in [2.75, 3.05) is 14.2 Å². The second-order valence-corrected chi connectivity index (χ2v) is 3.53. The Morgan fingerprint density at radius 3 is 2.29 bits per heavy atom. The highest BCUT2D eigenvalue weighted by Gasteiger charge is 2.32. The minimum Gasteiger partial charge on any atom is -0.501 e. The van der Waals surface area contributed by atoms with Crippen molar-refractivity contribution < 1.29 is 19.4 Å². The van der Waals surface area contributed by atoms with E-state index < -0.39 is 18.0 Å². The molecule has 1 N–H and O–H groups in total. The largest absolute Gasteiger partial charge is 0.501 e. The maximum absolute atomic E-state index is 11.6. The van der Waals surface area contributed by atoms with Crippen LogP contribution in [0.5, 0.6) is 0 Å². The SMILES string of the molecule is C=C(OC)C(C(=O)OC)C(O)c1ccccc1. The fourth-order valence-electron chi connectivity index (χ4n) is 1.53. The van der Waals surface area contributed by atoms with Gasteiger partial charge in [-0.2, -0.15) is 0 Å². The monoisotopic (exact) mass is 236 g/mol. The molecule has 1 aromatic carbocycles. The van der Waals surface area contributed by atoms with E-state index in [1.807, 2.05) is 6.07 Å². The van der Waals surface area contributed by atoms with Crippen molar-refractivity contribution >= 4 is 5.97 Å². The third-order valence-corrected chi connectivity index (χ3v) is 2.52. The first kappa shape index (κ1) is 13.3. The number of carbonyl (C=O) groups excluding carboxylic acids is 1. The first-order valence-corrected chi connectivity index (χ1v) is 5.15. The van der Waals surface area contributed by atoms with Gasteiger partial charge in [0.25, 0.3) is 0 Å². The van der Waals surface area contributed by atoms with Gasteiger partial charge in [-0.25, -0.2) is 0 Å². The first-order chi connectivity index (χ1) is 8.11. The van der Waals surface area contributed by atoms with Crippen molar-refractivity contribution in [3.8, 4) is 0 Å². The molecule has 0 fully saturated rings. The molecule has 17 heavy (non-hydrogen) atoms. The molecule has 0 spiro atoms. The minimum atomic E-state index is -1.03. The van der Waals surface area contributed by atoms with Gasteiger partial charge in [0.2, 0.25) is 0 Å². The van der Waals surface area contributed by atoms with Gasteiger partial charge < -0.3 is 14.6 Å². The van der Waals surface area contributed by atoms with E-state index in [1.54, 1.807) is 24.3 Å². The molecule has 4 heteroatoms. The number of rotatable bonds is 5. The van der Waals surface area contributed by atoms with E-state index in [0.717, 1.165) is 0 Å². The van der Waals surface area contributed by atoms with E-state index >= 15 is 0 Å². The third kappa shape index (κ3) is 3.07. The van der Waals surface area contributed by atoms with Crippen LogP contribution in [0, 0.1) is 5.92 Å². The van der Waals surface area contributed by atoms with Crippen molar-refractivity contribution in [1.82, 2.24) is 0 Å². The van der Waals surface area contributed by atoms with Gasteiger partial charge in [0.05, 0.1) is 20.3 Å². The number of hydrogen-bond donors (Lipinski definition) is 1. The molecule has 0 heterocycles. The first-order valence-electron chi connectivity index (χ1n) is 5.15. The van der Waals surface area contributed by atoms with Crippen LogP contribution in [0.1, 0.15) is 11.7 Å². The molecule has 0 bridgehead atoms. The number of ether oxygens (including phenoxy) is 2. The van der Waals surface area contributed by atoms with E-state index in [1.165, 1.54) is 14.2 Å². The highest BCUT2D eigenvalue weighted by molar-refractivity contribution is 5.76. The molecule has 1 aromatic rings. The molecule has 0 amide bonds. The number of carbonyl (C=O) groups is 1. The van der Waals surface area contributed by atoms with E-state index in [2.05, 4.69) is 11.3 Å². The summed E-state index contributed by atoms with van der Waals surface area (Å²) >= 11 is 0. The molecule has 0 aliphatic carbocycles. The molecule has 1 rings (SSSR count). The fraction of sp³-hybridized carbons (Fsp3) is 0.308. The predicted molar refractivity (Wildman–Crippen MR) is 63.1 cm³/mol. The van der Waals surface area contributed by atoms with Crippen molar-refractivity contribution in [2.45, 2.75) is 6.10 Å². The van der Waals surface area contributed by atoms with Crippen molar-refractivity contribution in [3.05, 3.63) is 48.2 Å². The zero-order chi connectivity index (χ0) is 12.8. The summed E-state index contributed by atoms with van der Waals surface area (Å²) in [6.07, 6.45) is -1.03. The minimum absolute atomic E-state index is 0.174. The molecule has 0 aliphatic heterocycles. The lowest BCUT2D eigenvalue weighted by molar-refractivity contribution is -0.149. The standard InChI is InChI=1S/C13H16O4/c1-9(16-2)11(13(15)17-3)12(14)10-7-5-4-6-8-10/h4-8,11-12,14H,1H2,2-3H3. The van der Waals surface area contributed by atoms with Crippen LogP contribution >= 0.6 is 0 Å². The van der Waals surface area contributed by atoms with Crippen molar-refractivity contribution in [2.24, 2.45) is 5.92 Å². The average Bonchev–Trinajstić information content (AvgIpc) is 2.39. The lowest BCUT2D eigenvalue weighted by atomic mass is 9.94. The van der Waals surface area contributed by atoms with Crippen LogP contribution in [0.2, 0.25) is 0 Å². The normalized spacial score (nSPS) is 13.6. The Bertz CT molecular complexity index is 370. The second-order valence-electron chi connectivity index (χ2n) is 3.53. The molecule has 4 nitrogen and oxygen atoms in total. The summed E-state index contributed by atoms with van der Waals surface area (Å²) in [4.78, 5) is 11.6. The van der Waals surface area contributed by atoms with Crippen LogP contribution in [-0.2, 0) is 14.3 Å². The van der Waals surface area contributed by atoms with E-state index in [4.69, 9.17) is 4.74 Å². The average molecular weight is 236 g/mol. The molecule has 2 atom stereocenters. The topological polar surface area (TPSA) is 55.8 Å². The Labute approximate surface area is 100 Å². The molecule has 0 aliphatic rings. The smallest absolute Gasteiger partial charge is 0.319 e. The summed E-state index contributed by atoms with van der Waals surface area (Å²) in [6.45, 7) is 3.61. The van der Waals surface area contributed by atoms with Crippen LogP contribution in [0.3, 0.4) is 0 Å². The molecule has 2 unspecified atom stereocenters. The maximum Gasteiger partial charge on any atom is 0.319 e. The second kappa shape index (κ2) is 6.06. The number of aliphatic hydroxyl groups is 1. The number of methoxy groups -OCH3 is 2.